The molecule has 0 aliphatic carbocycles. The normalized spacial score (nSPS) is 12.6. The van der Waals surface area contributed by atoms with Gasteiger partial charge < -0.3 is 5.32 Å². The molecule has 0 saturated carbocycles. The smallest absolute Gasteiger partial charge is 0.0957 e. The maximum absolute atomic E-state index is 5.99. The fraction of sp³-hybridized carbons (Fsp3) is 0.273. The molecule has 1 heterocycles. The summed E-state index contributed by atoms with van der Waals surface area (Å²) in [7, 11) is 0. The Balaban J connectivity index is 2.33. The molecule has 2 aromatic rings. The molecule has 0 aliphatic rings. The molecule has 0 aliphatic heterocycles. The third kappa shape index (κ3) is 2.58. The van der Waals surface area contributed by atoms with Gasteiger partial charge in [0.15, 0.2) is 0 Å². The lowest BCUT2D eigenvalue weighted by atomic mass is 10.0. The van der Waals surface area contributed by atoms with Crippen LogP contribution in [-0.2, 0) is 0 Å². The third-order valence-corrected chi connectivity index (χ3v) is 2.99. The highest BCUT2D eigenvalue weighted by molar-refractivity contribution is 6.99. The number of benzene rings is 1. The van der Waals surface area contributed by atoms with Crippen molar-refractivity contribution >= 4 is 23.3 Å². The molecular weight excluding hydrogens is 242 g/mol. The van der Waals surface area contributed by atoms with Gasteiger partial charge in [-0.25, -0.2) is 0 Å². The lowest BCUT2D eigenvalue weighted by Crippen LogP contribution is -2.22. The zero-order chi connectivity index (χ0) is 11.4. The van der Waals surface area contributed by atoms with Crippen molar-refractivity contribution in [3.63, 3.8) is 0 Å². The fourth-order valence-electron chi connectivity index (χ4n) is 1.58. The summed E-state index contributed by atoms with van der Waals surface area (Å²) in [5, 5.41) is 4.11. The molecule has 1 aromatic heterocycles. The monoisotopic (exact) mass is 253 g/mol. The standard InChI is InChI=1S/C11H12ClN3S/c1-2-13-11(10-7-14-16-15-10)8-4-3-5-9(12)6-8/h3-7,11,13H,2H2,1H3. The van der Waals surface area contributed by atoms with E-state index in [-0.39, 0.29) is 6.04 Å². The van der Waals surface area contributed by atoms with Gasteiger partial charge in [-0.2, -0.15) is 8.75 Å². The van der Waals surface area contributed by atoms with E-state index in [9.17, 15) is 0 Å². The van der Waals surface area contributed by atoms with Crippen molar-refractivity contribution in [3.05, 3.63) is 46.7 Å². The Morgan fingerprint density at radius 2 is 2.38 bits per heavy atom. The van der Waals surface area contributed by atoms with Crippen molar-refractivity contribution in [1.82, 2.24) is 14.1 Å². The van der Waals surface area contributed by atoms with Gasteiger partial charge in [0.2, 0.25) is 0 Å². The first-order valence-corrected chi connectivity index (χ1v) is 6.18. The lowest BCUT2D eigenvalue weighted by molar-refractivity contribution is 0.620. The molecule has 0 radical (unpaired) electrons. The van der Waals surface area contributed by atoms with Crippen LogP contribution >= 0.6 is 23.3 Å². The van der Waals surface area contributed by atoms with Crippen molar-refractivity contribution < 1.29 is 0 Å². The summed E-state index contributed by atoms with van der Waals surface area (Å²) in [6, 6.07) is 7.88. The van der Waals surface area contributed by atoms with Crippen LogP contribution in [0.3, 0.4) is 0 Å². The number of aromatic nitrogens is 2. The number of nitrogens with one attached hydrogen (secondary N) is 1. The summed E-state index contributed by atoms with van der Waals surface area (Å²) in [6.07, 6.45) is 1.79. The number of rotatable bonds is 4. The molecule has 0 fully saturated rings. The van der Waals surface area contributed by atoms with Crippen LogP contribution in [0.4, 0.5) is 0 Å². The molecule has 0 spiro atoms. The van der Waals surface area contributed by atoms with E-state index in [1.54, 1.807) is 6.20 Å². The van der Waals surface area contributed by atoms with Gasteiger partial charge in [0, 0.05) is 5.02 Å². The van der Waals surface area contributed by atoms with Crippen molar-refractivity contribution in [2.45, 2.75) is 13.0 Å². The van der Waals surface area contributed by atoms with E-state index in [1.807, 2.05) is 24.3 Å². The Morgan fingerprint density at radius 3 is 3.00 bits per heavy atom. The maximum Gasteiger partial charge on any atom is 0.0957 e. The van der Waals surface area contributed by atoms with Crippen LogP contribution in [0.5, 0.6) is 0 Å². The molecule has 1 unspecified atom stereocenters. The molecule has 0 amide bonds. The molecule has 1 atom stereocenters. The Kier molecular flexibility index (Phi) is 3.88. The zero-order valence-electron chi connectivity index (χ0n) is 8.85. The molecule has 1 aromatic carbocycles. The van der Waals surface area contributed by atoms with E-state index in [4.69, 9.17) is 11.6 Å². The van der Waals surface area contributed by atoms with E-state index in [1.165, 1.54) is 11.7 Å². The van der Waals surface area contributed by atoms with Crippen molar-refractivity contribution in [3.8, 4) is 0 Å². The van der Waals surface area contributed by atoms with E-state index in [0.717, 1.165) is 22.8 Å². The second-order valence-electron chi connectivity index (χ2n) is 3.38. The maximum atomic E-state index is 5.99. The summed E-state index contributed by atoms with van der Waals surface area (Å²) in [4.78, 5) is 0. The number of hydrogen-bond donors (Lipinski definition) is 1. The molecule has 2 rings (SSSR count). The molecule has 16 heavy (non-hydrogen) atoms. The van der Waals surface area contributed by atoms with Crippen molar-refractivity contribution in [2.75, 3.05) is 6.54 Å². The minimum absolute atomic E-state index is 0.0717. The van der Waals surface area contributed by atoms with Gasteiger partial charge in [-0.15, -0.1) is 0 Å². The minimum Gasteiger partial charge on any atom is -0.305 e. The number of halogens is 1. The average molecular weight is 254 g/mol. The summed E-state index contributed by atoms with van der Waals surface area (Å²) in [5.74, 6) is 0. The summed E-state index contributed by atoms with van der Waals surface area (Å²) >= 11 is 7.21. The van der Waals surface area contributed by atoms with Crippen LogP contribution in [-0.4, -0.2) is 15.3 Å². The van der Waals surface area contributed by atoms with Gasteiger partial charge in [0.05, 0.1) is 29.7 Å². The SMILES string of the molecule is CCNC(c1cccc(Cl)c1)c1cnsn1. The van der Waals surface area contributed by atoms with Gasteiger partial charge in [-0.3, -0.25) is 0 Å². The van der Waals surface area contributed by atoms with E-state index < -0.39 is 0 Å². The van der Waals surface area contributed by atoms with Crippen LogP contribution in [0, 0.1) is 0 Å². The highest BCUT2D eigenvalue weighted by Gasteiger charge is 2.15. The van der Waals surface area contributed by atoms with Crippen LogP contribution in [0.2, 0.25) is 5.02 Å². The second-order valence-corrected chi connectivity index (χ2v) is 4.37. The predicted octanol–water partition coefficient (Wildman–Crippen LogP) is 2.89. The van der Waals surface area contributed by atoms with Gasteiger partial charge in [0.25, 0.3) is 0 Å². The van der Waals surface area contributed by atoms with Gasteiger partial charge in [0.1, 0.15) is 0 Å². The van der Waals surface area contributed by atoms with E-state index in [0.29, 0.717) is 0 Å². The Morgan fingerprint density at radius 1 is 1.50 bits per heavy atom. The van der Waals surface area contributed by atoms with Gasteiger partial charge >= 0.3 is 0 Å². The van der Waals surface area contributed by atoms with E-state index in [2.05, 4.69) is 21.0 Å². The zero-order valence-corrected chi connectivity index (χ0v) is 10.4. The van der Waals surface area contributed by atoms with Crippen molar-refractivity contribution in [2.24, 2.45) is 0 Å². The average Bonchev–Trinajstić information content (AvgIpc) is 2.79. The van der Waals surface area contributed by atoms with Crippen molar-refractivity contribution in [1.29, 1.82) is 0 Å². The summed E-state index contributed by atoms with van der Waals surface area (Å²) < 4.78 is 8.30. The molecule has 84 valence electrons. The fourth-order valence-corrected chi connectivity index (χ4v) is 2.23. The highest BCUT2D eigenvalue weighted by atomic mass is 35.5. The first kappa shape index (κ1) is 11.5. The van der Waals surface area contributed by atoms with E-state index >= 15 is 0 Å². The molecule has 3 nitrogen and oxygen atoms in total. The quantitative estimate of drug-likeness (QED) is 0.911. The molecule has 5 heteroatoms. The molecular formula is C11H12ClN3S. The first-order valence-electron chi connectivity index (χ1n) is 5.07. The Bertz CT molecular complexity index is 444. The topological polar surface area (TPSA) is 37.8 Å². The first-order chi connectivity index (χ1) is 7.81. The van der Waals surface area contributed by atoms with Gasteiger partial charge in [-0.05, 0) is 24.2 Å². The lowest BCUT2D eigenvalue weighted by Gasteiger charge is -2.15. The van der Waals surface area contributed by atoms with Gasteiger partial charge in [-0.1, -0.05) is 30.7 Å². The predicted molar refractivity (Wildman–Crippen MR) is 66.9 cm³/mol. The highest BCUT2D eigenvalue weighted by Crippen LogP contribution is 2.23. The summed E-state index contributed by atoms with van der Waals surface area (Å²) in [6.45, 7) is 2.94. The van der Waals surface area contributed by atoms with Crippen LogP contribution in [0.1, 0.15) is 24.2 Å². The summed E-state index contributed by atoms with van der Waals surface area (Å²) in [5.41, 5.74) is 2.05. The minimum atomic E-state index is 0.0717. The molecule has 0 bridgehead atoms. The molecule has 0 saturated heterocycles. The largest absolute Gasteiger partial charge is 0.305 e. The number of nitrogens with zero attached hydrogens (tertiary/aromatic N) is 2. The number of hydrogen-bond acceptors (Lipinski definition) is 4. The Labute approximate surface area is 104 Å². The van der Waals surface area contributed by atoms with Crippen LogP contribution in [0.15, 0.2) is 30.5 Å². The third-order valence-electron chi connectivity index (χ3n) is 2.26. The second kappa shape index (κ2) is 5.39. The Hall–Kier alpha value is -0.970. The van der Waals surface area contributed by atoms with Crippen LogP contribution in [0.25, 0.3) is 0 Å². The van der Waals surface area contributed by atoms with Crippen LogP contribution < -0.4 is 5.32 Å². The molecule has 1 N–H and O–H groups in total.